The van der Waals surface area contributed by atoms with E-state index < -0.39 is 5.60 Å². The van der Waals surface area contributed by atoms with Crippen molar-refractivity contribution in [2.75, 3.05) is 5.73 Å². The van der Waals surface area contributed by atoms with E-state index in [-0.39, 0.29) is 23.5 Å². The normalized spacial score (nSPS) is 20.2. The van der Waals surface area contributed by atoms with Crippen LogP contribution in [0.25, 0.3) is 16.9 Å². The Hall–Kier alpha value is -2.54. The molecule has 0 unspecified atom stereocenters. The first kappa shape index (κ1) is 16.0. The van der Waals surface area contributed by atoms with Crippen LogP contribution in [0.2, 0.25) is 0 Å². The minimum atomic E-state index is -0.756. The zero-order valence-electron chi connectivity index (χ0n) is 14.4. The van der Waals surface area contributed by atoms with Crippen LogP contribution in [0.4, 0.5) is 10.2 Å². The minimum absolute atomic E-state index is 0.122. The van der Waals surface area contributed by atoms with Gasteiger partial charge in [0.05, 0.1) is 17.0 Å². The van der Waals surface area contributed by atoms with Gasteiger partial charge in [-0.3, -0.25) is 0 Å². The molecule has 0 bridgehead atoms. The molecule has 1 aliphatic carbocycles. The lowest BCUT2D eigenvalue weighted by molar-refractivity contribution is 0.0543. The van der Waals surface area contributed by atoms with Crippen LogP contribution >= 0.6 is 0 Å². The topological polar surface area (TPSA) is 89.3 Å². The Labute approximate surface area is 144 Å². The molecule has 2 aromatic heterocycles. The molecule has 0 amide bonds. The van der Waals surface area contributed by atoms with Crippen molar-refractivity contribution in [1.29, 1.82) is 0 Å². The number of hydrogen-bond donors (Lipinski definition) is 2. The molecule has 2 heterocycles. The number of aryl methyl sites for hydroxylation is 1. The average molecular weight is 341 g/mol. The molecule has 25 heavy (non-hydrogen) atoms. The highest BCUT2D eigenvalue weighted by molar-refractivity contribution is 5.69. The fourth-order valence-electron chi connectivity index (χ4n) is 3.41. The van der Waals surface area contributed by atoms with Crippen LogP contribution in [-0.2, 0) is 0 Å². The van der Waals surface area contributed by atoms with Crippen molar-refractivity contribution in [3.8, 4) is 11.3 Å². The third-order valence-corrected chi connectivity index (χ3v) is 4.87. The summed E-state index contributed by atoms with van der Waals surface area (Å²) < 4.78 is 15.2. The number of anilines is 1. The number of benzene rings is 1. The van der Waals surface area contributed by atoms with E-state index in [1.54, 1.807) is 30.5 Å². The first-order valence-corrected chi connectivity index (χ1v) is 8.27. The largest absolute Gasteiger partial charge is 0.390 e. The van der Waals surface area contributed by atoms with Crippen LogP contribution in [0.3, 0.4) is 0 Å². The van der Waals surface area contributed by atoms with Crippen LogP contribution in [0.15, 0.2) is 24.3 Å². The van der Waals surface area contributed by atoms with Crippen molar-refractivity contribution in [3.63, 3.8) is 0 Å². The summed E-state index contributed by atoms with van der Waals surface area (Å²) in [6.45, 7) is 5.46. The Balaban J connectivity index is 1.81. The molecule has 7 heteroatoms. The number of halogens is 1. The Morgan fingerprint density at radius 2 is 2.08 bits per heavy atom. The van der Waals surface area contributed by atoms with Crippen molar-refractivity contribution in [2.45, 2.75) is 38.7 Å². The van der Waals surface area contributed by atoms with Crippen molar-refractivity contribution in [1.82, 2.24) is 19.6 Å². The number of aliphatic hydroxyl groups is 1. The summed E-state index contributed by atoms with van der Waals surface area (Å²) in [7, 11) is 0. The van der Waals surface area contributed by atoms with Crippen molar-refractivity contribution in [3.05, 3.63) is 41.6 Å². The summed E-state index contributed by atoms with van der Waals surface area (Å²) in [6.07, 6.45) is 0.851. The van der Waals surface area contributed by atoms with E-state index in [4.69, 9.17) is 5.73 Å². The van der Waals surface area contributed by atoms with Gasteiger partial charge in [0.25, 0.3) is 0 Å². The van der Waals surface area contributed by atoms with Crippen LogP contribution in [0.5, 0.6) is 0 Å². The minimum Gasteiger partial charge on any atom is -0.390 e. The maximum Gasteiger partial charge on any atom is 0.198 e. The van der Waals surface area contributed by atoms with Gasteiger partial charge in [-0.25, -0.2) is 18.9 Å². The van der Waals surface area contributed by atoms with E-state index in [9.17, 15) is 9.50 Å². The number of rotatable bonds is 3. The van der Waals surface area contributed by atoms with Gasteiger partial charge in [-0.1, -0.05) is 12.1 Å². The van der Waals surface area contributed by atoms with Gasteiger partial charge in [-0.2, -0.15) is 5.10 Å². The standard InChI is InChI=1S/C18H20FN5O/c1-9-14(10-5-4-6-11(19)7-10)21-15(20)17-22-16(23-24(9)17)12-8-13(12)18(2,3)25/h4-7,12-13,25H,8H2,1-3H3,(H2,20,21)/t12-,13-/m1/s1. The fourth-order valence-corrected chi connectivity index (χ4v) is 3.41. The average Bonchev–Trinajstić information content (AvgIpc) is 3.23. The zero-order chi connectivity index (χ0) is 17.9. The third-order valence-electron chi connectivity index (χ3n) is 4.87. The molecule has 0 saturated heterocycles. The number of nitrogen functional groups attached to an aromatic ring is 1. The smallest absolute Gasteiger partial charge is 0.198 e. The van der Waals surface area contributed by atoms with Crippen molar-refractivity contribution >= 4 is 11.5 Å². The summed E-state index contributed by atoms with van der Waals surface area (Å²) >= 11 is 0. The number of fused-ring (bicyclic) bond motifs is 1. The number of nitrogens with two attached hydrogens (primary N) is 1. The Morgan fingerprint density at radius 1 is 1.32 bits per heavy atom. The third kappa shape index (κ3) is 2.64. The van der Waals surface area contributed by atoms with E-state index in [0.29, 0.717) is 22.7 Å². The number of hydrogen-bond acceptors (Lipinski definition) is 5. The van der Waals surface area contributed by atoms with E-state index in [1.165, 1.54) is 12.1 Å². The maximum absolute atomic E-state index is 13.6. The Bertz CT molecular complexity index is 975. The van der Waals surface area contributed by atoms with E-state index in [2.05, 4.69) is 15.1 Å². The lowest BCUT2D eigenvalue weighted by atomic mass is 10.0. The molecule has 0 radical (unpaired) electrons. The molecule has 0 aliphatic heterocycles. The summed E-state index contributed by atoms with van der Waals surface area (Å²) in [5.41, 5.74) is 7.78. The number of nitrogens with zero attached hydrogens (tertiary/aromatic N) is 4. The SMILES string of the molecule is Cc1c(-c2cccc(F)c2)nc(N)c2nc([C@@H]3C[C@H]3C(C)(C)O)nn12. The first-order valence-electron chi connectivity index (χ1n) is 8.27. The van der Waals surface area contributed by atoms with Gasteiger partial charge < -0.3 is 10.8 Å². The molecular weight excluding hydrogens is 321 g/mol. The fraction of sp³-hybridized carbons (Fsp3) is 0.389. The van der Waals surface area contributed by atoms with Gasteiger partial charge in [-0.15, -0.1) is 0 Å². The van der Waals surface area contributed by atoms with Crippen LogP contribution in [0.1, 0.15) is 37.7 Å². The van der Waals surface area contributed by atoms with Crippen LogP contribution in [-0.4, -0.2) is 30.3 Å². The molecule has 3 N–H and O–H groups in total. The molecular formula is C18H20FN5O. The summed E-state index contributed by atoms with van der Waals surface area (Å²) in [6, 6.07) is 6.23. The maximum atomic E-state index is 13.6. The molecule has 4 rings (SSSR count). The van der Waals surface area contributed by atoms with Crippen molar-refractivity contribution in [2.24, 2.45) is 5.92 Å². The quantitative estimate of drug-likeness (QED) is 0.764. The molecule has 3 aromatic rings. The molecule has 1 fully saturated rings. The monoisotopic (exact) mass is 341 g/mol. The van der Waals surface area contributed by atoms with Gasteiger partial charge >= 0.3 is 0 Å². The van der Waals surface area contributed by atoms with Gasteiger partial charge in [-0.05, 0) is 45.2 Å². The van der Waals surface area contributed by atoms with Gasteiger partial charge in [0, 0.05) is 11.5 Å². The van der Waals surface area contributed by atoms with E-state index in [1.807, 2.05) is 6.92 Å². The lowest BCUT2D eigenvalue weighted by Gasteiger charge is -2.15. The van der Waals surface area contributed by atoms with Crippen LogP contribution in [0, 0.1) is 18.7 Å². The van der Waals surface area contributed by atoms with Crippen LogP contribution < -0.4 is 5.73 Å². The van der Waals surface area contributed by atoms with Gasteiger partial charge in [0.15, 0.2) is 17.3 Å². The second-order valence-corrected chi connectivity index (χ2v) is 7.25. The first-order chi connectivity index (χ1) is 11.8. The van der Waals surface area contributed by atoms with Gasteiger partial charge in [0.2, 0.25) is 0 Å². The van der Waals surface area contributed by atoms with Gasteiger partial charge in [0.1, 0.15) is 5.82 Å². The highest BCUT2D eigenvalue weighted by atomic mass is 19.1. The molecule has 0 spiro atoms. The molecule has 1 aliphatic rings. The zero-order valence-corrected chi connectivity index (χ0v) is 14.4. The summed E-state index contributed by atoms with van der Waals surface area (Å²) in [4.78, 5) is 8.94. The Morgan fingerprint density at radius 3 is 2.72 bits per heavy atom. The highest BCUT2D eigenvalue weighted by Gasteiger charge is 2.49. The second-order valence-electron chi connectivity index (χ2n) is 7.25. The molecule has 1 aromatic carbocycles. The lowest BCUT2D eigenvalue weighted by Crippen LogP contribution is -2.22. The second kappa shape index (κ2) is 5.23. The summed E-state index contributed by atoms with van der Waals surface area (Å²) in [5.74, 6) is 0.852. The van der Waals surface area contributed by atoms with E-state index in [0.717, 1.165) is 12.1 Å². The molecule has 2 atom stereocenters. The highest BCUT2D eigenvalue weighted by Crippen LogP contribution is 2.52. The predicted octanol–water partition coefficient (Wildman–Crippen LogP) is 2.70. The number of aromatic nitrogens is 4. The molecule has 1 saturated carbocycles. The summed E-state index contributed by atoms with van der Waals surface area (Å²) in [5, 5.41) is 14.7. The molecule has 130 valence electrons. The predicted molar refractivity (Wildman–Crippen MR) is 92.5 cm³/mol. The molecule has 6 nitrogen and oxygen atoms in total. The van der Waals surface area contributed by atoms with Crippen molar-refractivity contribution < 1.29 is 9.50 Å². The Kier molecular flexibility index (Phi) is 3.34. The van der Waals surface area contributed by atoms with E-state index >= 15 is 0 Å².